The van der Waals surface area contributed by atoms with Crippen molar-refractivity contribution in [3.63, 3.8) is 0 Å². The molecule has 0 amide bonds. The molecule has 3 heterocycles. The SMILES string of the molecule is Cn1cc(CCN2CCN(c3ccncn3)CC2)nn1. The second kappa shape index (κ2) is 5.96. The lowest BCUT2D eigenvalue weighted by atomic mass is 10.2. The number of rotatable bonds is 4. The van der Waals surface area contributed by atoms with Gasteiger partial charge in [0.15, 0.2) is 0 Å². The molecule has 1 aliphatic heterocycles. The maximum absolute atomic E-state index is 4.30. The third-order valence-electron chi connectivity index (χ3n) is 3.60. The average molecular weight is 273 g/mol. The van der Waals surface area contributed by atoms with Gasteiger partial charge >= 0.3 is 0 Å². The Labute approximate surface area is 118 Å². The van der Waals surface area contributed by atoms with Crippen molar-refractivity contribution in [1.29, 1.82) is 0 Å². The van der Waals surface area contributed by atoms with Crippen molar-refractivity contribution in [2.24, 2.45) is 7.05 Å². The standard InChI is InChI=1S/C13H19N7/c1-18-10-12(16-17-18)3-5-19-6-8-20(9-7-19)13-2-4-14-11-15-13/h2,4,10-11H,3,5-9H2,1H3. The highest BCUT2D eigenvalue weighted by Crippen LogP contribution is 2.11. The number of aryl methyl sites for hydroxylation is 1. The van der Waals surface area contributed by atoms with Gasteiger partial charge in [-0.15, -0.1) is 5.10 Å². The van der Waals surface area contributed by atoms with Crippen LogP contribution < -0.4 is 4.90 Å². The summed E-state index contributed by atoms with van der Waals surface area (Å²) >= 11 is 0. The van der Waals surface area contributed by atoms with Gasteiger partial charge in [0.1, 0.15) is 12.1 Å². The Balaban J connectivity index is 1.47. The van der Waals surface area contributed by atoms with Crippen molar-refractivity contribution in [2.45, 2.75) is 6.42 Å². The van der Waals surface area contributed by atoms with E-state index in [1.807, 2.05) is 19.3 Å². The predicted molar refractivity (Wildman–Crippen MR) is 75.4 cm³/mol. The Hall–Kier alpha value is -2.02. The summed E-state index contributed by atoms with van der Waals surface area (Å²) in [5.41, 5.74) is 1.06. The van der Waals surface area contributed by atoms with Crippen molar-refractivity contribution in [2.75, 3.05) is 37.6 Å². The second-order valence-electron chi connectivity index (χ2n) is 5.03. The first kappa shape index (κ1) is 13.0. The lowest BCUT2D eigenvalue weighted by Crippen LogP contribution is -2.47. The Morgan fingerprint density at radius 1 is 1.20 bits per heavy atom. The summed E-state index contributed by atoms with van der Waals surface area (Å²) < 4.78 is 1.75. The topological polar surface area (TPSA) is 63.0 Å². The summed E-state index contributed by atoms with van der Waals surface area (Å²) in [5.74, 6) is 1.02. The summed E-state index contributed by atoms with van der Waals surface area (Å²) in [7, 11) is 1.90. The van der Waals surface area contributed by atoms with Gasteiger partial charge in [0, 0.05) is 58.6 Å². The number of hydrogen-bond donors (Lipinski definition) is 0. The number of piperazine rings is 1. The molecule has 7 heteroatoms. The molecule has 0 unspecified atom stereocenters. The molecule has 0 atom stereocenters. The molecule has 2 aromatic heterocycles. The summed E-state index contributed by atoms with van der Waals surface area (Å²) in [6.45, 7) is 5.18. The van der Waals surface area contributed by atoms with Gasteiger partial charge < -0.3 is 4.90 Å². The summed E-state index contributed by atoms with van der Waals surface area (Å²) in [6, 6.07) is 1.97. The molecule has 0 bridgehead atoms. The third-order valence-corrected chi connectivity index (χ3v) is 3.60. The van der Waals surface area contributed by atoms with E-state index in [4.69, 9.17) is 0 Å². The van der Waals surface area contributed by atoms with Crippen LogP contribution in [-0.4, -0.2) is 62.6 Å². The van der Waals surface area contributed by atoms with Crippen LogP contribution in [0.4, 0.5) is 5.82 Å². The van der Waals surface area contributed by atoms with E-state index in [1.165, 1.54) is 0 Å². The van der Waals surface area contributed by atoms with E-state index < -0.39 is 0 Å². The maximum Gasteiger partial charge on any atom is 0.131 e. The van der Waals surface area contributed by atoms with Gasteiger partial charge in [-0.1, -0.05) is 5.21 Å². The molecular weight excluding hydrogens is 254 g/mol. The van der Waals surface area contributed by atoms with E-state index in [9.17, 15) is 0 Å². The molecule has 0 saturated carbocycles. The van der Waals surface area contributed by atoms with Crippen molar-refractivity contribution < 1.29 is 0 Å². The first-order valence-corrected chi connectivity index (χ1v) is 6.90. The maximum atomic E-state index is 4.30. The van der Waals surface area contributed by atoms with Gasteiger partial charge in [-0.25, -0.2) is 9.97 Å². The van der Waals surface area contributed by atoms with E-state index in [0.29, 0.717) is 0 Å². The molecule has 106 valence electrons. The zero-order chi connectivity index (χ0) is 13.8. The average Bonchev–Trinajstić information content (AvgIpc) is 2.92. The van der Waals surface area contributed by atoms with E-state index in [1.54, 1.807) is 17.2 Å². The van der Waals surface area contributed by atoms with Crippen LogP contribution in [0, 0.1) is 0 Å². The number of nitrogens with zero attached hydrogens (tertiary/aromatic N) is 7. The normalized spacial score (nSPS) is 16.6. The van der Waals surface area contributed by atoms with Crippen LogP contribution in [0.15, 0.2) is 24.8 Å². The Bertz CT molecular complexity index is 531. The Kier molecular flexibility index (Phi) is 3.87. The van der Waals surface area contributed by atoms with Gasteiger partial charge in [-0.2, -0.15) is 0 Å². The van der Waals surface area contributed by atoms with E-state index in [0.717, 1.165) is 50.7 Å². The Morgan fingerprint density at radius 2 is 2.05 bits per heavy atom. The van der Waals surface area contributed by atoms with Gasteiger partial charge in [0.05, 0.1) is 5.69 Å². The van der Waals surface area contributed by atoms with Crippen LogP contribution in [-0.2, 0) is 13.5 Å². The highest BCUT2D eigenvalue weighted by atomic mass is 15.4. The molecule has 1 saturated heterocycles. The highest BCUT2D eigenvalue weighted by Gasteiger charge is 2.17. The third kappa shape index (κ3) is 3.11. The van der Waals surface area contributed by atoms with Gasteiger partial charge in [0.25, 0.3) is 0 Å². The lowest BCUT2D eigenvalue weighted by molar-refractivity contribution is 0.259. The fourth-order valence-corrected chi connectivity index (χ4v) is 2.45. The van der Waals surface area contributed by atoms with Crippen LogP contribution in [0.1, 0.15) is 5.69 Å². The molecule has 1 fully saturated rings. The molecular formula is C13H19N7. The largest absolute Gasteiger partial charge is 0.354 e. The second-order valence-corrected chi connectivity index (χ2v) is 5.03. The van der Waals surface area contributed by atoms with Gasteiger partial charge in [0.2, 0.25) is 0 Å². The van der Waals surface area contributed by atoms with Crippen molar-refractivity contribution in [3.05, 3.63) is 30.5 Å². The molecule has 2 aromatic rings. The van der Waals surface area contributed by atoms with E-state index in [-0.39, 0.29) is 0 Å². The zero-order valence-electron chi connectivity index (χ0n) is 11.7. The fraction of sp³-hybridized carbons (Fsp3) is 0.538. The quantitative estimate of drug-likeness (QED) is 0.779. The van der Waals surface area contributed by atoms with Crippen LogP contribution in [0.25, 0.3) is 0 Å². The van der Waals surface area contributed by atoms with E-state index >= 15 is 0 Å². The van der Waals surface area contributed by atoms with Gasteiger partial charge in [-0.05, 0) is 6.07 Å². The van der Waals surface area contributed by atoms with Crippen LogP contribution in [0.2, 0.25) is 0 Å². The summed E-state index contributed by atoms with van der Waals surface area (Å²) in [5, 5.41) is 8.08. The molecule has 3 rings (SSSR count). The minimum Gasteiger partial charge on any atom is -0.354 e. The van der Waals surface area contributed by atoms with Crippen LogP contribution >= 0.6 is 0 Å². The summed E-state index contributed by atoms with van der Waals surface area (Å²) in [6.07, 6.45) is 6.34. The molecule has 0 N–H and O–H groups in total. The van der Waals surface area contributed by atoms with Crippen molar-refractivity contribution in [1.82, 2.24) is 29.9 Å². The molecule has 20 heavy (non-hydrogen) atoms. The minimum absolute atomic E-state index is 0.960. The first-order valence-electron chi connectivity index (χ1n) is 6.90. The molecule has 0 aliphatic carbocycles. The van der Waals surface area contributed by atoms with Crippen LogP contribution in [0.5, 0.6) is 0 Å². The molecule has 7 nitrogen and oxygen atoms in total. The number of aromatic nitrogens is 5. The zero-order valence-corrected chi connectivity index (χ0v) is 11.7. The van der Waals surface area contributed by atoms with E-state index in [2.05, 4.69) is 30.1 Å². The van der Waals surface area contributed by atoms with Crippen LogP contribution in [0.3, 0.4) is 0 Å². The Morgan fingerprint density at radius 3 is 2.70 bits per heavy atom. The monoisotopic (exact) mass is 273 g/mol. The number of anilines is 1. The van der Waals surface area contributed by atoms with Crippen molar-refractivity contribution in [3.8, 4) is 0 Å². The molecule has 0 aromatic carbocycles. The highest BCUT2D eigenvalue weighted by molar-refractivity contribution is 5.36. The van der Waals surface area contributed by atoms with Gasteiger partial charge in [-0.3, -0.25) is 9.58 Å². The number of hydrogen-bond acceptors (Lipinski definition) is 6. The lowest BCUT2D eigenvalue weighted by Gasteiger charge is -2.35. The fourth-order valence-electron chi connectivity index (χ4n) is 2.45. The first-order chi connectivity index (χ1) is 9.81. The molecule has 0 radical (unpaired) electrons. The summed E-state index contributed by atoms with van der Waals surface area (Å²) in [4.78, 5) is 13.0. The molecule has 0 spiro atoms. The smallest absolute Gasteiger partial charge is 0.131 e. The van der Waals surface area contributed by atoms with Crippen molar-refractivity contribution >= 4 is 5.82 Å². The predicted octanol–water partition coefficient (Wildman–Crippen LogP) is -0.0302. The molecule has 1 aliphatic rings. The minimum atomic E-state index is 0.960.